The minimum Gasteiger partial charge on any atom is -0.463 e. The summed E-state index contributed by atoms with van der Waals surface area (Å²) in [5.74, 6) is -0.169. The molecule has 4 aromatic rings. The summed E-state index contributed by atoms with van der Waals surface area (Å²) in [4.78, 5) is 17.9. The average molecular weight is 317 g/mol. The number of fused-ring (bicyclic) bond motifs is 1. The maximum absolute atomic E-state index is 13.1. The van der Waals surface area contributed by atoms with E-state index in [9.17, 15) is 4.79 Å². The molecule has 24 heavy (non-hydrogen) atoms. The Kier molecular flexibility index (Phi) is 3.31. The largest absolute Gasteiger partial charge is 0.463 e. The number of nitrogens with two attached hydrogens (primary N) is 1. The van der Waals surface area contributed by atoms with Crippen LogP contribution in [0.1, 0.15) is 10.5 Å². The topological polar surface area (TPSA) is 75.3 Å². The number of furan rings is 1. The van der Waals surface area contributed by atoms with E-state index in [1.54, 1.807) is 35.4 Å². The smallest absolute Gasteiger partial charge is 0.279 e. The van der Waals surface area contributed by atoms with Crippen LogP contribution in [0.25, 0.3) is 11.1 Å². The first-order valence-corrected chi connectivity index (χ1v) is 7.53. The number of aromatic amines is 1. The predicted octanol–water partition coefficient (Wildman–Crippen LogP) is 4.32. The number of nitrogen functional groups attached to an aromatic ring is 1. The molecule has 2 heterocycles. The molecule has 4 rings (SSSR count). The van der Waals surface area contributed by atoms with Crippen LogP contribution in [-0.4, -0.2) is 10.9 Å². The second-order valence-electron chi connectivity index (χ2n) is 5.45. The SMILES string of the molecule is Nc1ccc(N(C(=O)c2cc3occc3[nH]2)c2ccccc2)cc1. The number of hydrogen-bond acceptors (Lipinski definition) is 3. The van der Waals surface area contributed by atoms with Crippen molar-refractivity contribution in [3.05, 3.63) is 78.7 Å². The number of benzene rings is 2. The van der Waals surface area contributed by atoms with E-state index in [4.69, 9.17) is 10.2 Å². The highest BCUT2D eigenvalue weighted by Gasteiger charge is 2.22. The molecule has 0 aliphatic heterocycles. The van der Waals surface area contributed by atoms with Gasteiger partial charge in [0.1, 0.15) is 5.69 Å². The van der Waals surface area contributed by atoms with E-state index in [1.165, 1.54) is 0 Å². The van der Waals surface area contributed by atoms with Crippen molar-refractivity contribution in [2.75, 3.05) is 10.6 Å². The average Bonchev–Trinajstić information content (AvgIpc) is 3.19. The summed E-state index contributed by atoms with van der Waals surface area (Å²) in [6, 6.07) is 20.2. The number of hydrogen-bond donors (Lipinski definition) is 2. The fraction of sp³-hybridized carbons (Fsp3) is 0. The first kappa shape index (κ1) is 14.1. The number of rotatable bonds is 3. The summed E-state index contributed by atoms with van der Waals surface area (Å²) in [6.45, 7) is 0. The van der Waals surface area contributed by atoms with Gasteiger partial charge in [-0.1, -0.05) is 18.2 Å². The molecule has 0 bridgehead atoms. The molecule has 0 radical (unpaired) electrons. The minimum atomic E-state index is -0.169. The minimum absolute atomic E-state index is 0.169. The van der Waals surface area contributed by atoms with Crippen LogP contribution in [0.15, 0.2) is 77.4 Å². The molecule has 3 N–H and O–H groups in total. The van der Waals surface area contributed by atoms with Crippen molar-refractivity contribution >= 4 is 34.1 Å². The van der Waals surface area contributed by atoms with E-state index < -0.39 is 0 Å². The number of amides is 1. The van der Waals surface area contributed by atoms with E-state index in [-0.39, 0.29) is 5.91 Å². The molecule has 0 saturated heterocycles. The Bertz CT molecular complexity index is 956. The number of anilines is 3. The van der Waals surface area contributed by atoms with Crippen molar-refractivity contribution in [2.24, 2.45) is 0 Å². The van der Waals surface area contributed by atoms with Crippen LogP contribution in [0, 0.1) is 0 Å². The van der Waals surface area contributed by atoms with Crippen LogP contribution in [0.5, 0.6) is 0 Å². The summed E-state index contributed by atoms with van der Waals surface area (Å²) < 4.78 is 5.34. The Labute approximate surface area is 138 Å². The van der Waals surface area contributed by atoms with Gasteiger partial charge >= 0.3 is 0 Å². The lowest BCUT2D eigenvalue weighted by Crippen LogP contribution is -2.26. The molecule has 0 aliphatic carbocycles. The van der Waals surface area contributed by atoms with Crippen LogP contribution >= 0.6 is 0 Å². The number of carbonyl (C=O) groups excluding carboxylic acids is 1. The number of para-hydroxylation sites is 1. The second-order valence-corrected chi connectivity index (χ2v) is 5.45. The van der Waals surface area contributed by atoms with E-state index in [1.807, 2.05) is 42.5 Å². The summed E-state index contributed by atoms with van der Waals surface area (Å²) >= 11 is 0. The maximum atomic E-state index is 13.1. The Morgan fingerprint density at radius 1 is 0.958 bits per heavy atom. The second kappa shape index (κ2) is 5.62. The lowest BCUT2D eigenvalue weighted by molar-refractivity contribution is 0.0995. The molecule has 5 nitrogen and oxygen atoms in total. The van der Waals surface area contributed by atoms with E-state index >= 15 is 0 Å². The number of aromatic nitrogens is 1. The van der Waals surface area contributed by atoms with Gasteiger partial charge in [0.15, 0.2) is 5.58 Å². The molecule has 5 heteroatoms. The molecule has 0 unspecified atom stereocenters. The Hall–Kier alpha value is -3.47. The molecule has 2 aromatic carbocycles. The number of carbonyl (C=O) groups is 1. The van der Waals surface area contributed by atoms with Gasteiger partial charge in [0, 0.05) is 29.2 Å². The maximum Gasteiger partial charge on any atom is 0.279 e. The van der Waals surface area contributed by atoms with E-state index in [0.29, 0.717) is 17.0 Å². The molecule has 118 valence electrons. The summed E-state index contributed by atoms with van der Waals surface area (Å²) in [5, 5.41) is 0. The van der Waals surface area contributed by atoms with Gasteiger partial charge in [0.25, 0.3) is 5.91 Å². The zero-order valence-corrected chi connectivity index (χ0v) is 12.8. The van der Waals surface area contributed by atoms with Crippen molar-refractivity contribution in [3.8, 4) is 0 Å². The van der Waals surface area contributed by atoms with Gasteiger partial charge < -0.3 is 15.1 Å². The zero-order valence-electron chi connectivity index (χ0n) is 12.8. The van der Waals surface area contributed by atoms with Crippen molar-refractivity contribution in [2.45, 2.75) is 0 Å². The van der Waals surface area contributed by atoms with Crippen LogP contribution < -0.4 is 10.6 Å². The van der Waals surface area contributed by atoms with Crippen molar-refractivity contribution < 1.29 is 9.21 Å². The van der Waals surface area contributed by atoms with Gasteiger partial charge in [-0.25, -0.2) is 0 Å². The van der Waals surface area contributed by atoms with Crippen LogP contribution in [0.2, 0.25) is 0 Å². The first-order valence-electron chi connectivity index (χ1n) is 7.53. The van der Waals surface area contributed by atoms with Gasteiger partial charge in [-0.2, -0.15) is 0 Å². The summed E-state index contributed by atoms with van der Waals surface area (Å²) in [6.07, 6.45) is 1.59. The van der Waals surface area contributed by atoms with Crippen molar-refractivity contribution in [1.82, 2.24) is 4.98 Å². The van der Waals surface area contributed by atoms with E-state index in [2.05, 4.69) is 4.98 Å². The first-order chi connectivity index (χ1) is 11.7. The van der Waals surface area contributed by atoms with Gasteiger partial charge in [-0.3, -0.25) is 9.69 Å². The third-order valence-electron chi connectivity index (χ3n) is 3.84. The lowest BCUT2D eigenvalue weighted by Gasteiger charge is -2.22. The Morgan fingerprint density at radius 2 is 1.67 bits per heavy atom. The number of nitrogens with one attached hydrogen (secondary N) is 1. The standard InChI is InChI=1S/C19H15N3O2/c20-13-6-8-15(9-7-13)22(14-4-2-1-3-5-14)19(23)17-12-18-16(21-17)10-11-24-18/h1-12,21H,20H2. The molecule has 2 aromatic heterocycles. The monoisotopic (exact) mass is 317 g/mol. The third kappa shape index (κ3) is 2.42. The number of H-pyrrole nitrogens is 1. The molecule has 0 fully saturated rings. The fourth-order valence-corrected chi connectivity index (χ4v) is 2.67. The quantitative estimate of drug-likeness (QED) is 0.552. The lowest BCUT2D eigenvalue weighted by atomic mass is 10.2. The third-order valence-corrected chi connectivity index (χ3v) is 3.84. The highest BCUT2D eigenvalue weighted by Crippen LogP contribution is 2.29. The van der Waals surface area contributed by atoms with Crippen molar-refractivity contribution in [1.29, 1.82) is 0 Å². The van der Waals surface area contributed by atoms with Gasteiger partial charge in [-0.05, 0) is 36.4 Å². The van der Waals surface area contributed by atoms with Crippen LogP contribution in [-0.2, 0) is 0 Å². The molecular formula is C19H15N3O2. The molecule has 1 amide bonds. The number of nitrogens with zero attached hydrogens (tertiary/aromatic N) is 1. The molecule has 0 spiro atoms. The highest BCUT2D eigenvalue weighted by atomic mass is 16.3. The summed E-state index contributed by atoms with van der Waals surface area (Å²) in [7, 11) is 0. The predicted molar refractivity (Wildman–Crippen MR) is 94.3 cm³/mol. The Balaban J connectivity index is 1.81. The van der Waals surface area contributed by atoms with E-state index in [0.717, 1.165) is 16.9 Å². The van der Waals surface area contributed by atoms with Crippen LogP contribution in [0.4, 0.5) is 17.1 Å². The molecular weight excluding hydrogens is 302 g/mol. The van der Waals surface area contributed by atoms with Crippen molar-refractivity contribution in [3.63, 3.8) is 0 Å². The van der Waals surface area contributed by atoms with Gasteiger partial charge in [0.2, 0.25) is 0 Å². The van der Waals surface area contributed by atoms with Gasteiger partial charge in [0.05, 0.1) is 11.8 Å². The van der Waals surface area contributed by atoms with Gasteiger partial charge in [-0.15, -0.1) is 0 Å². The Morgan fingerprint density at radius 3 is 2.38 bits per heavy atom. The normalized spacial score (nSPS) is 10.8. The molecule has 0 saturated carbocycles. The molecule has 0 aliphatic rings. The highest BCUT2D eigenvalue weighted by molar-refractivity contribution is 6.11. The summed E-state index contributed by atoms with van der Waals surface area (Å²) in [5.41, 5.74) is 9.85. The fourth-order valence-electron chi connectivity index (χ4n) is 2.67. The molecule has 0 atom stereocenters. The van der Waals surface area contributed by atoms with Crippen LogP contribution in [0.3, 0.4) is 0 Å². The zero-order chi connectivity index (χ0) is 16.5.